The van der Waals surface area contributed by atoms with Crippen LogP contribution in [0.4, 0.5) is 17.6 Å². The summed E-state index contributed by atoms with van der Waals surface area (Å²) < 4.78 is 60.7. The monoisotopic (exact) mass is 493 g/mol. The van der Waals surface area contributed by atoms with Gasteiger partial charge in [-0.15, -0.1) is 0 Å². The Morgan fingerprint density at radius 3 is 2.25 bits per heavy atom. The van der Waals surface area contributed by atoms with Gasteiger partial charge in [-0.2, -0.15) is 23.7 Å². The number of ether oxygens (including phenoxy) is 1. The fraction of sp³-hybridized carbons (Fsp3) is 0.286. The molecule has 0 unspecified atom stereocenters. The molecular weight excluding hydrogens is 470 g/mol. The molecule has 0 bridgehead atoms. The van der Waals surface area contributed by atoms with Crippen molar-refractivity contribution in [1.29, 1.82) is 10.5 Å². The lowest BCUT2D eigenvalue weighted by atomic mass is 9.72. The van der Waals surface area contributed by atoms with E-state index in [2.05, 4.69) is 11.4 Å². The van der Waals surface area contributed by atoms with Crippen LogP contribution in [-0.2, 0) is 22.9 Å². The van der Waals surface area contributed by atoms with Crippen molar-refractivity contribution in [3.8, 4) is 23.3 Å². The average Bonchev–Trinajstić information content (AvgIpc) is 2.88. The Balaban J connectivity index is 1.61. The molecule has 36 heavy (non-hydrogen) atoms. The van der Waals surface area contributed by atoms with Gasteiger partial charge in [-0.3, -0.25) is 0 Å². The van der Waals surface area contributed by atoms with Gasteiger partial charge in [0.25, 0.3) is 0 Å². The maximum atomic E-state index is 13.8. The smallest absolute Gasteiger partial charge is 0.376 e. The third-order valence-corrected chi connectivity index (χ3v) is 6.55. The van der Waals surface area contributed by atoms with Crippen molar-refractivity contribution in [3.63, 3.8) is 0 Å². The highest BCUT2D eigenvalue weighted by Crippen LogP contribution is 2.37. The van der Waals surface area contributed by atoms with E-state index in [4.69, 9.17) is 10.00 Å². The van der Waals surface area contributed by atoms with Crippen molar-refractivity contribution in [1.82, 2.24) is 5.32 Å². The number of hydrogen-bond acceptors (Lipinski definition) is 4. The molecule has 3 aromatic carbocycles. The molecule has 1 saturated heterocycles. The lowest BCUT2D eigenvalue weighted by molar-refractivity contribution is -0.137. The summed E-state index contributed by atoms with van der Waals surface area (Å²) in [6.45, 7) is 1.47. The molecule has 0 amide bonds. The van der Waals surface area contributed by atoms with Crippen molar-refractivity contribution >= 4 is 0 Å². The van der Waals surface area contributed by atoms with Gasteiger partial charge in [0.15, 0.2) is 0 Å². The van der Waals surface area contributed by atoms with Gasteiger partial charge in [-0.05, 0) is 90.6 Å². The zero-order chi connectivity index (χ0) is 25.8. The highest BCUT2D eigenvalue weighted by Gasteiger charge is 2.36. The first-order valence-corrected chi connectivity index (χ1v) is 11.4. The fourth-order valence-corrected chi connectivity index (χ4v) is 4.68. The lowest BCUT2D eigenvalue weighted by Gasteiger charge is -2.38. The first-order chi connectivity index (χ1) is 17.2. The second-order valence-corrected chi connectivity index (χ2v) is 8.93. The van der Waals surface area contributed by atoms with Gasteiger partial charge in [0.1, 0.15) is 5.82 Å². The number of nitriles is 2. The largest absolute Gasteiger partial charge is 0.416 e. The Kier molecular flexibility index (Phi) is 7.40. The van der Waals surface area contributed by atoms with Crippen LogP contribution in [0.15, 0.2) is 60.7 Å². The van der Waals surface area contributed by atoms with Crippen LogP contribution < -0.4 is 5.32 Å². The number of rotatable bonds is 6. The van der Waals surface area contributed by atoms with Crippen LogP contribution in [-0.4, -0.2) is 19.7 Å². The Bertz CT molecular complexity index is 1310. The van der Waals surface area contributed by atoms with Gasteiger partial charge in [-0.1, -0.05) is 18.2 Å². The summed E-state index contributed by atoms with van der Waals surface area (Å²) in [5.41, 5.74) is 1.28. The van der Waals surface area contributed by atoms with Gasteiger partial charge in [-0.25, -0.2) is 4.39 Å². The molecule has 1 N–H and O–H groups in total. The van der Waals surface area contributed by atoms with E-state index in [-0.39, 0.29) is 18.8 Å². The number of benzene rings is 3. The van der Waals surface area contributed by atoms with Crippen molar-refractivity contribution in [2.75, 3.05) is 19.7 Å². The topological polar surface area (TPSA) is 68.8 Å². The molecule has 1 fully saturated rings. The predicted molar refractivity (Wildman–Crippen MR) is 126 cm³/mol. The third kappa shape index (κ3) is 5.57. The summed E-state index contributed by atoms with van der Waals surface area (Å²) in [5, 5.41) is 21.8. The van der Waals surface area contributed by atoms with Gasteiger partial charge in [0, 0.05) is 5.41 Å². The van der Waals surface area contributed by atoms with E-state index in [9.17, 15) is 22.8 Å². The van der Waals surface area contributed by atoms with Gasteiger partial charge < -0.3 is 10.1 Å². The second-order valence-electron chi connectivity index (χ2n) is 8.93. The van der Waals surface area contributed by atoms with Crippen molar-refractivity contribution in [2.24, 2.45) is 0 Å². The summed E-state index contributed by atoms with van der Waals surface area (Å²) in [7, 11) is 0. The molecule has 0 saturated carbocycles. The highest BCUT2D eigenvalue weighted by molar-refractivity contribution is 5.66. The normalized spacial score (nSPS) is 15.2. The average molecular weight is 494 g/mol. The Hall–Kier alpha value is -3.72. The quantitative estimate of drug-likeness (QED) is 0.422. The van der Waals surface area contributed by atoms with E-state index in [0.29, 0.717) is 53.7 Å². The summed E-state index contributed by atoms with van der Waals surface area (Å²) in [5.74, 6) is -0.500. The Labute approximate surface area is 206 Å². The van der Waals surface area contributed by atoms with E-state index in [1.807, 2.05) is 6.07 Å². The second kappa shape index (κ2) is 10.5. The number of hydrogen-bond donors (Lipinski definition) is 1. The number of nitrogens with zero attached hydrogens (tertiary/aromatic N) is 2. The first-order valence-electron chi connectivity index (χ1n) is 11.4. The zero-order valence-electron chi connectivity index (χ0n) is 19.3. The molecule has 0 radical (unpaired) electrons. The number of halogens is 4. The highest BCUT2D eigenvalue weighted by atomic mass is 19.4. The first kappa shape index (κ1) is 25.4. The van der Waals surface area contributed by atoms with E-state index in [1.165, 1.54) is 12.1 Å². The van der Waals surface area contributed by atoms with Crippen LogP contribution in [0, 0.1) is 28.5 Å². The maximum Gasteiger partial charge on any atom is 0.416 e. The zero-order valence-corrected chi connectivity index (χ0v) is 19.3. The van der Waals surface area contributed by atoms with Crippen LogP contribution in [0.2, 0.25) is 0 Å². The van der Waals surface area contributed by atoms with E-state index >= 15 is 0 Å². The summed E-state index contributed by atoms with van der Waals surface area (Å²) in [6, 6.07) is 18.3. The summed E-state index contributed by atoms with van der Waals surface area (Å²) >= 11 is 0. The minimum Gasteiger partial charge on any atom is -0.376 e. The van der Waals surface area contributed by atoms with Crippen LogP contribution in [0.25, 0.3) is 11.1 Å². The van der Waals surface area contributed by atoms with Gasteiger partial charge in [0.2, 0.25) is 0 Å². The van der Waals surface area contributed by atoms with E-state index in [0.717, 1.165) is 12.1 Å². The standard InChI is InChI=1S/C28H23F4N3O/c29-25-5-6-26(23(14-25)16-34)27(7-9-35-10-8-27)18-36-17-20-11-22(13-24(12-20)28(30,31)32)21-3-1-19(15-33)2-4-21/h1-6,11-14,35H,7-10,17-18H2. The molecule has 0 aliphatic carbocycles. The third-order valence-electron chi connectivity index (χ3n) is 6.55. The van der Waals surface area contributed by atoms with Crippen molar-refractivity contribution < 1.29 is 22.3 Å². The van der Waals surface area contributed by atoms with Crippen LogP contribution in [0.3, 0.4) is 0 Å². The molecule has 184 valence electrons. The van der Waals surface area contributed by atoms with Crippen LogP contribution in [0.5, 0.6) is 0 Å². The number of nitrogens with one attached hydrogen (secondary N) is 1. The minimum atomic E-state index is -4.54. The van der Waals surface area contributed by atoms with Crippen molar-refractivity contribution in [3.05, 3.63) is 94.3 Å². The molecule has 1 aliphatic heterocycles. The predicted octanol–water partition coefficient (Wildman–Crippen LogP) is 6.09. The molecule has 1 aliphatic rings. The van der Waals surface area contributed by atoms with Crippen molar-refractivity contribution in [2.45, 2.75) is 31.0 Å². The lowest BCUT2D eigenvalue weighted by Crippen LogP contribution is -2.43. The molecule has 4 rings (SSSR count). The molecule has 8 heteroatoms. The maximum absolute atomic E-state index is 13.8. The molecule has 1 heterocycles. The van der Waals surface area contributed by atoms with Crippen LogP contribution >= 0.6 is 0 Å². The SMILES string of the molecule is N#Cc1ccc(-c2cc(COCC3(c4ccc(F)cc4C#N)CCNCC3)cc(C(F)(F)F)c2)cc1. The van der Waals surface area contributed by atoms with Crippen LogP contribution in [0.1, 0.15) is 40.7 Å². The fourth-order valence-electron chi connectivity index (χ4n) is 4.68. The minimum absolute atomic E-state index is 0.0640. The summed E-state index contributed by atoms with van der Waals surface area (Å²) in [4.78, 5) is 0. The van der Waals surface area contributed by atoms with E-state index < -0.39 is 23.0 Å². The molecule has 4 nitrogen and oxygen atoms in total. The van der Waals surface area contributed by atoms with E-state index in [1.54, 1.807) is 36.4 Å². The van der Waals surface area contributed by atoms with Gasteiger partial charge in [0.05, 0.1) is 42.0 Å². The van der Waals surface area contributed by atoms with Gasteiger partial charge >= 0.3 is 6.18 Å². The Morgan fingerprint density at radius 1 is 0.889 bits per heavy atom. The Morgan fingerprint density at radius 2 is 1.61 bits per heavy atom. The molecular formula is C28H23F4N3O. The molecule has 0 atom stereocenters. The number of piperidine rings is 1. The summed E-state index contributed by atoms with van der Waals surface area (Å²) in [6.07, 6.45) is -3.25. The molecule has 3 aromatic rings. The number of alkyl halides is 3. The molecule has 0 aromatic heterocycles. The molecule has 0 spiro atoms.